The standard InChI is InChI=1S/C25H45NOS/c1-2-3-4-5-6-7-8-9-10-11-12-13-14-15-16-20-23-28-25(26)27-24-21-18-17-19-22-24/h17-19,21-22,25H,2-16,20,23,26H2,1H3. The number of ether oxygens (including phenoxy) is 1. The van der Waals surface area contributed by atoms with Crippen molar-refractivity contribution in [2.45, 2.75) is 115 Å². The van der Waals surface area contributed by atoms with Gasteiger partial charge in [0.1, 0.15) is 5.75 Å². The molecule has 2 N–H and O–H groups in total. The van der Waals surface area contributed by atoms with Gasteiger partial charge >= 0.3 is 0 Å². The molecule has 1 aromatic carbocycles. The number of benzene rings is 1. The quantitative estimate of drug-likeness (QED) is 0.174. The van der Waals surface area contributed by atoms with E-state index >= 15 is 0 Å². The fourth-order valence-electron chi connectivity index (χ4n) is 3.52. The summed E-state index contributed by atoms with van der Waals surface area (Å²) in [5.41, 5.74) is 5.76. The summed E-state index contributed by atoms with van der Waals surface area (Å²) >= 11 is 1.71. The Morgan fingerprint density at radius 3 is 1.57 bits per heavy atom. The van der Waals surface area contributed by atoms with E-state index in [0.29, 0.717) is 0 Å². The van der Waals surface area contributed by atoms with Gasteiger partial charge in [-0.3, -0.25) is 5.73 Å². The summed E-state index contributed by atoms with van der Waals surface area (Å²) in [7, 11) is 0. The second kappa shape index (κ2) is 19.6. The van der Waals surface area contributed by atoms with Gasteiger partial charge in [-0.05, 0) is 24.3 Å². The second-order valence-corrected chi connectivity index (χ2v) is 9.18. The van der Waals surface area contributed by atoms with E-state index in [4.69, 9.17) is 10.5 Å². The first kappa shape index (κ1) is 25.4. The van der Waals surface area contributed by atoms with Crippen molar-refractivity contribution in [2.75, 3.05) is 5.75 Å². The zero-order valence-corrected chi connectivity index (χ0v) is 19.2. The third kappa shape index (κ3) is 16.3. The number of hydrogen-bond acceptors (Lipinski definition) is 3. The monoisotopic (exact) mass is 407 g/mol. The Morgan fingerprint density at radius 1 is 0.679 bits per heavy atom. The SMILES string of the molecule is CCCCCCCCCCCCCCCCCCSC(N)Oc1ccccc1. The summed E-state index contributed by atoms with van der Waals surface area (Å²) in [6.45, 7) is 2.29. The molecule has 0 heterocycles. The molecule has 2 nitrogen and oxygen atoms in total. The lowest BCUT2D eigenvalue weighted by atomic mass is 10.0. The van der Waals surface area contributed by atoms with E-state index in [2.05, 4.69) is 6.92 Å². The van der Waals surface area contributed by atoms with Crippen molar-refractivity contribution in [1.82, 2.24) is 0 Å². The van der Waals surface area contributed by atoms with Crippen molar-refractivity contribution in [2.24, 2.45) is 5.73 Å². The summed E-state index contributed by atoms with van der Waals surface area (Å²) in [5, 5.41) is 0. The van der Waals surface area contributed by atoms with Crippen LogP contribution in [0.3, 0.4) is 0 Å². The third-order valence-corrected chi connectivity index (χ3v) is 6.22. The molecule has 0 aliphatic rings. The lowest BCUT2D eigenvalue weighted by Crippen LogP contribution is -2.23. The number of thioether (sulfide) groups is 1. The molecule has 162 valence electrons. The van der Waals surface area contributed by atoms with Gasteiger partial charge in [0.05, 0.1) is 0 Å². The van der Waals surface area contributed by atoms with Crippen LogP contribution in [0.4, 0.5) is 0 Å². The highest BCUT2D eigenvalue weighted by Crippen LogP contribution is 2.17. The van der Waals surface area contributed by atoms with Gasteiger partial charge in [-0.15, -0.1) is 11.8 Å². The van der Waals surface area contributed by atoms with Crippen LogP contribution in [0.5, 0.6) is 5.75 Å². The van der Waals surface area contributed by atoms with Gasteiger partial charge in [-0.25, -0.2) is 0 Å². The lowest BCUT2D eigenvalue weighted by molar-refractivity contribution is 0.296. The van der Waals surface area contributed by atoms with Crippen LogP contribution in [0.2, 0.25) is 0 Å². The van der Waals surface area contributed by atoms with Crippen LogP contribution in [-0.4, -0.2) is 11.3 Å². The molecule has 0 aromatic heterocycles. The van der Waals surface area contributed by atoms with E-state index < -0.39 is 0 Å². The highest BCUT2D eigenvalue weighted by molar-refractivity contribution is 7.99. The molecule has 0 bridgehead atoms. The van der Waals surface area contributed by atoms with E-state index in [1.165, 1.54) is 103 Å². The predicted molar refractivity (Wildman–Crippen MR) is 127 cm³/mol. The van der Waals surface area contributed by atoms with Gasteiger partial charge in [-0.1, -0.05) is 121 Å². The number of para-hydroxylation sites is 1. The molecule has 1 aromatic rings. The molecule has 0 aliphatic carbocycles. The first-order valence-corrected chi connectivity index (χ1v) is 13.0. The molecule has 0 radical (unpaired) electrons. The number of rotatable bonds is 20. The fourth-order valence-corrected chi connectivity index (χ4v) is 4.30. The van der Waals surface area contributed by atoms with E-state index in [9.17, 15) is 0 Å². The molecule has 0 saturated heterocycles. The number of unbranched alkanes of at least 4 members (excludes halogenated alkanes) is 15. The Balaban J connectivity index is 1.74. The van der Waals surface area contributed by atoms with Gasteiger partial charge in [0.2, 0.25) is 0 Å². The van der Waals surface area contributed by atoms with Gasteiger partial charge in [0, 0.05) is 0 Å². The normalized spacial score (nSPS) is 12.2. The number of hydrogen-bond donors (Lipinski definition) is 1. The van der Waals surface area contributed by atoms with Crippen LogP contribution in [-0.2, 0) is 0 Å². The molecule has 28 heavy (non-hydrogen) atoms. The van der Waals surface area contributed by atoms with Crippen molar-refractivity contribution in [3.05, 3.63) is 30.3 Å². The third-order valence-electron chi connectivity index (χ3n) is 5.28. The van der Waals surface area contributed by atoms with E-state index in [-0.39, 0.29) is 5.56 Å². The van der Waals surface area contributed by atoms with Crippen LogP contribution >= 0.6 is 11.8 Å². The van der Waals surface area contributed by atoms with Crippen molar-refractivity contribution in [1.29, 1.82) is 0 Å². The maximum absolute atomic E-state index is 6.01. The first-order chi connectivity index (χ1) is 13.8. The Kier molecular flexibility index (Phi) is 17.8. The molecule has 0 spiro atoms. The van der Waals surface area contributed by atoms with Crippen LogP contribution < -0.4 is 10.5 Å². The minimum absolute atomic E-state index is 0.251. The zero-order valence-electron chi connectivity index (χ0n) is 18.4. The largest absolute Gasteiger partial charge is 0.466 e. The summed E-state index contributed by atoms with van der Waals surface area (Å²) < 4.78 is 5.68. The highest BCUT2D eigenvalue weighted by atomic mass is 32.2. The van der Waals surface area contributed by atoms with Crippen molar-refractivity contribution < 1.29 is 4.74 Å². The van der Waals surface area contributed by atoms with E-state index in [1.807, 2.05) is 30.3 Å². The van der Waals surface area contributed by atoms with E-state index in [0.717, 1.165) is 11.5 Å². The van der Waals surface area contributed by atoms with Crippen molar-refractivity contribution in [3.8, 4) is 5.75 Å². The smallest absolute Gasteiger partial charge is 0.196 e. The average molecular weight is 408 g/mol. The predicted octanol–water partition coefficient (Wildman–Crippen LogP) is 8.30. The summed E-state index contributed by atoms with van der Waals surface area (Å²) in [6, 6.07) is 9.84. The van der Waals surface area contributed by atoms with Crippen molar-refractivity contribution >= 4 is 11.8 Å². The molecule has 0 amide bonds. The Hall–Kier alpha value is -0.670. The fraction of sp³-hybridized carbons (Fsp3) is 0.760. The van der Waals surface area contributed by atoms with Crippen LogP contribution in [0, 0.1) is 0 Å². The molecule has 0 aliphatic heterocycles. The Morgan fingerprint density at radius 2 is 1.11 bits per heavy atom. The summed E-state index contributed by atoms with van der Waals surface area (Å²) in [5.74, 6) is 1.95. The van der Waals surface area contributed by atoms with Crippen LogP contribution in [0.25, 0.3) is 0 Å². The summed E-state index contributed by atoms with van der Waals surface area (Å²) in [4.78, 5) is 0. The molecule has 1 atom stereocenters. The van der Waals surface area contributed by atoms with Crippen LogP contribution in [0.15, 0.2) is 30.3 Å². The minimum atomic E-state index is -0.251. The highest BCUT2D eigenvalue weighted by Gasteiger charge is 2.04. The lowest BCUT2D eigenvalue weighted by Gasteiger charge is -2.13. The first-order valence-electron chi connectivity index (χ1n) is 11.9. The topological polar surface area (TPSA) is 35.2 Å². The van der Waals surface area contributed by atoms with E-state index in [1.54, 1.807) is 11.8 Å². The maximum atomic E-state index is 6.01. The minimum Gasteiger partial charge on any atom is -0.466 e. The molecular weight excluding hydrogens is 362 g/mol. The number of nitrogens with two attached hydrogens (primary N) is 1. The van der Waals surface area contributed by atoms with Gasteiger partial charge < -0.3 is 4.74 Å². The second-order valence-electron chi connectivity index (χ2n) is 7.97. The summed E-state index contributed by atoms with van der Waals surface area (Å²) in [6.07, 6.45) is 22.6. The molecule has 0 saturated carbocycles. The molecule has 0 fully saturated rings. The van der Waals surface area contributed by atoms with Crippen LogP contribution in [0.1, 0.15) is 110 Å². The van der Waals surface area contributed by atoms with Crippen molar-refractivity contribution in [3.63, 3.8) is 0 Å². The molecule has 3 heteroatoms. The molecule has 1 unspecified atom stereocenters. The molecular formula is C25H45NOS. The van der Waals surface area contributed by atoms with Gasteiger partial charge in [0.15, 0.2) is 5.56 Å². The maximum Gasteiger partial charge on any atom is 0.196 e. The Labute approximate surface area is 179 Å². The van der Waals surface area contributed by atoms with Gasteiger partial charge in [-0.2, -0.15) is 0 Å². The van der Waals surface area contributed by atoms with Gasteiger partial charge in [0.25, 0.3) is 0 Å². The average Bonchev–Trinajstić information content (AvgIpc) is 2.71. The zero-order chi connectivity index (χ0) is 20.1. The molecule has 1 rings (SSSR count). The Bertz CT molecular complexity index is 426.